The summed E-state index contributed by atoms with van der Waals surface area (Å²) in [4.78, 5) is 6.67. The third kappa shape index (κ3) is 2.97. The summed E-state index contributed by atoms with van der Waals surface area (Å²) in [7, 11) is -3.14. The molecule has 23 heavy (non-hydrogen) atoms. The van der Waals surface area contributed by atoms with Crippen molar-refractivity contribution in [1.82, 2.24) is 9.29 Å². The minimum absolute atomic E-state index is 0.115. The molecule has 6 nitrogen and oxygen atoms in total. The minimum atomic E-state index is -3.14. The molecule has 1 atom stereocenters. The Labute approximate surface area is 137 Å². The summed E-state index contributed by atoms with van der Waals surface area (Å²) in [5.74, 6) is 0.963. The van der Waals surface area contributed by atoms with Crippen LogP contribution in [0, 0.1) is 5.41 Å². The highest BCUT2D eigenvalue weighted by atomic mass is 32.2. The molecule has 0 N–H and O–H groups in total. The first-order valence-electron chi connectivity index (χ1n) is 8.32. The van der Waals surface area contributed by atoms with E-state index in [1.165, 1.54) is 0 Å². The Bertz CT molecular complexity index is 662. The van der Waals surface area contributed by atoms with Gasteiger partial charge in [-0.1, -0.05) is 6.07 Å². The summed E-state index contributed by atoms with van der Waals surface area (Å²) in [6, 6.07) is 5.91. The summed E-state index contributed by atoms with van der Waals surface area (Å²) in [5, 5.41) is -0.147. The predicted molar refractivity (Wildman–Crippen MR) is 87.8 cm³/mol. The second-order valence-electron chi connectivity index (χ2n) is 6.99. The zero-order chi connectivity index (χ0) is 15.9. The fourth-order valence-corrected chi connectivity index (χ4v) is 5.60. The van der Waals surface area contributed by atoms with Crippen molar-refractivity contribution in [3.8, 4) is 0 Å². The Balaban J connectivity index is 1.53. The van der Waals surface area contributed by atoms with Crippen molar-refractivity contribution in [2.75, 3.05) is 44.3 Å². The molecule has 2 aliphatic heterocycles. The van der Waals surface area contributed by atoms with Crippen LogP contribution in [-0.4, -0.2) is 62.3 Å². The lowest BCUT2D eigenvalue weighted by Gasteiger charge is -2.31. The maximum absolute atomic E-state index is 12.6. The zero-order valence-corrected chi connectivity index (χ0v) is 14.0. The van der Waals surface area contributed by atoms with Crippen molar-refractivity contribution in [1.29, 1.82) is 0 Å². The number of hydrogen-bond donors (Lipinski definition) is 0. The Morgan fingerprint density at radius 1 is 1.22 bits per heavy atom. The molecule has 7 heteroatoms. The monoisotopic (exact) mass is 337 g/mol. The third-order valence-electron chi connectivity index (χ3n) is 5.12. The van der Waals surface area contributed by atoms with E-state index in [4.69, 9.17) is 4.74 Å². The average Bonchev–Trinajstić information content (AvgIpc) is 3.35. The largest absolute Gasteiger partial charge is 0.379 e. The highest BCUT2D eigenvalue weighted by Gasteiger charge is 2.47. The summed E-state index contributed by atoms with van der Waals surface area (Å²) in [5.41, 5.74) is -0.115. The van der Waals surface area contributed by atoms with Crippen LogP contribution in [-0.2, 0) is 14.8 Å². The predicted octanol–water partition coefficient (Wildman–Crippen LogP) is 1.10. The number of hydrogen-bond acceptors (Lipinski definition) is 5. The average molecular weight is 337 g/mol. The molecule has 1 aliphatic carbocycles. The lowest BCUT2D eigenvalue weighted by atomic mass is 9.88. The van der Waals surface area contributed by atoms with Gasteiger partial charge in [-0.15, -0.1) is 0 Å². The number of sulfonamides is 1. The summed E-state index contributed by atoms with van der Waals surface area (Å²) < 4.78 is 32.8. The quantitative estimate of drug-likeness (QED) is 0.827. The topological polar surface area (TPSA) is 62.7 Å². The minimum Gasteiger partial charge on any atom is -0.379 e. The maximum atomic E-state index is 12.6. The van der Waals surface area contributed by atoms with Crippen LogP contribution in [0.25, 0.3) is 0 Å². The first-order chi connectivity index (χ1) is 11.1. The van der Waals surface area contributed by atoms with Gasteiger partial charge in [0.15, 0.2) is 0 Å². The molecule has 0 bridgehead atoms. The molecule has 0 unspecified atom stereocenters. The van der Waals surface area contributed by atoms with Gasteiger partial charge in [-0.2, -0.15) is 4.31 Å². The number of rotatable bonds is 3. The van der Waals surface area contributed by atoms with Crippen molar-refractivity contribution in [3.63, 3.8) is 0 Å². The SMILES string of the molecule is O=S(=O)(C1CC1)N1CCOC[C@@]2(CCN(c3ccccn3)C2)C1. The molecular formula is C16H23N3O3S. The lowest BCUT2D eigenvalue weighted by molar-refractivity contribution is 0.0807. The van der Waals surface area contributed by atoms with Crippen molar-refractivity contribution >= 4 is 15.8 Å². The van der Waals surface area contributed by atoms with Gasteiger partial charge < -0.3 is 9.64 Å². The van der Waals surface area contributed by atoms with E-state index >= 15 is 0 Å². The number of ether oxygens (including phenoxy) is 1. The first kappa shape index (κ1) is 15.4. The van der Waals surface area contributed by atoms with Gasteiger partial charge in [0.2, 0.25) is 10.0 Å². The Morgan fingerprint density at radius 2 is 2.09 bits per heavy atom. The molecule has 3 fully saturated rings. The number of aromatic nitrogens is 1. The summed E-state index contributed by atoms with van der Waals surface area (Å²) in [6.07, 6.45) is 4.37. The van der Waals surface area contributed by atoms with E-state index in [0.717, 1.165) is 38.2 Å². The normalized spacial score (nSPS) is 29.8. The molecule has 2 saturated heterocycles. The maximum Gasteiger partial charge on any atom is 0.217 e. The molecule has 1 aromatic heterocycles. The van der Waals surface area contributed by atoms with Crippen LogP contribution in [0.1, 0.15) is 19.3 Å². The van der Waals surface area contributed by atoms with Crippen molar-refractivity contribution in [2.24, 2.45) is 5.41 Å². The second kappa shape index (κ2) is 5.72. The molecule has 3 heterocycles. The highest BCUT2D eigenvalue weighted by molar-refractivity contribution is 7.90. The Morgan fingerprint density at radius 3 is 2.83 bits per heavy atom. The molecule has 1 spiro atoms. The molecule has 1 saturated carbocycles. The van der Waals surface area contributed by atoms with Gasteiger partial charge >= 0.3 is 0 Å². The fourth-order valence-electron chi connectivity index (χ4n) is 3.67. The second-order valence-corrected chi connectivity index (χ2v) is 9.20. The third-order valence-corrected chi connectivity index (χ3v) is 7.47. The Hall–Kier alpha value is -1.18. The summed E-state index contributed by atoms with van der Waals surface area (Å²) in [6.45, 7) is 3.90. The standard InChI is InChI=1S/C16H23N3O3S/c20-23(21,14-4-5-14)19-9-10-22-13-16(12-19)6-8-18(11-16)15-3-1-2-7-17-15/h1-3,7,14H,4-6,8-13H2/t16-/m1/s1. The molecule has 1 aromatic rings. The van der Waals surface area contributed by atoms with Gasteiger partial charge in [-0.05, 0) is 31.4 Å². The molecule has 0 aromatic carbocycles. The number of pyridine rings is 1. The van der Waals surface area contributed by atoms with Crippen molar-refractivity contribution in [3.05, 3.63) is 24.4 Å². The fraction of sp³-hybridized carbons (Fsp3) is 0.688. The van der Waals surface area contributed by atoms with Crippen LogP contribution < -0.4 is 4.90 Å². The first-order valence-corrected chi connectivity index (χ1v) is 9.82. The van der Waals surface area contributed by atoms with Crippen LogP contribution in [0.15, 0.2) is 24.4 Å². The van der Waals surface area contributed by atoms with E-state index in [1.807, 2.05) is 18.2 Å². The molecular weight excluding hydrogens is 314 g/mol. The Kier molecular flexibility index (Phi) is 3.82. The molecule has 126 valence electrons. The van der Waals surface area contributed by atoms with Crippen LogP contribution in [0.4, 0.5) is 5.82 Å². The van der Waals surface area contributed by atoms with E-state index in [9.17, 15) is 8.42 Å². The van der Waals surface area contributed by atoms with E-state index < -0.39 is 10.0 Å². The van der Waals surface area contributed by atoms with Gasteiger partial charge in [0, 0.05) is 37.8 Å². The van der Waals surface area contributed by atoms with Crippen LogP contribution in [0.2, 0.25) is 0 Å². The van der Waals surface area contributed by atoms with E-state index in [1.54, 1.807) is 10.5 Å². The molecule has 0 amide bonds. The molecule has 3 aliphatic rings. The van der Waals surface area contributed by atoms with Gasteiger partial charge in [0.25, 0.3) is 0 Å². The van der Waals surface area contributed by atoms with Crippen molar-refractivity contribution < 1.29 is 13.2 Å². The highest BCUT2D eigenvalue weighted by Crippen LogP contribution is 2.38. The smallest absolute Gasteiger partial charge is 0.217 e. The van der Waals surface area contributed by atoms with Gasteiger partial charge in [0.05, 0.1) is 18.5 Å². The van der Waals surface area contributed by atoms with Gasteiger partial charge in [0.1, 0.15) is 5.82 Å². The zero-order valence-electron chi connectivity index (χ0n) is 13.2. The van der Waals surface area contributed by atoms with E-state index in [0.29, 0.717) is 26.3 Å². The van der Waals surface area contributed by atoms with E-state index in [2.05, 4.69) is 9.88 Å². The van der Waals surface area contributed by atoms with Gasteiger partial charge in [-0.25, -0.2) is 13.4 Å². The van der Waals surface area contributed by atoms with Gasteiger partial charge in [-0.3, -0.25) is 0 Å². The molecule has 4 rings (SSSR count). The van der Waals surface area contributed by atoms with E-state index in [-0.39, 0.29) is 10.7 Å². The number of nitrogens with zero attached hydrogens (tertiary/aromatic N) is 3. The van der Waals surface area contributed by atoms with Crippen LogP contribution in [0.3, 0.4) is 0 Å². The lowest BCUT2D eigenvalue weighted by Crippen LogP contribution is -2.44. The van der Waals surface area contributed by atoms with Crippen LogP contribution >= 0.6 is 0 Å². The summed E-state index contributed by atoms with van der Waals surface area (Å²) >= 11 is 0. The molecule has 0 radical (unpaired) electrons. The number of anilines is 1. The van der Waals surface area contributed by atoms with Crippen molar-refractivity contribution in [2.45, 2.75) is 24.5 Å². The van der Waals surface area contributed by atoms with Crippen LogP contribution in [0.5, 0.6) is 0 Å².